The summed E-state index contributed by atoms with van der Waals surface area (Å²) in [6.45, 7) is 5.19. The molecule has 3 rings (SSSR count). The van der Waals surface area contributed by atoms with E-state index in [1.807, 2.05) is 5.38 Å². The lowest BCUT2D eigenvalue weighted by Crippen LogP contribution is -2.48. The Morgan fingerprint density at radius 3 is 2.56 bits per heavy atom. The highest BCUT2D eigenvalue weighted by atomic mass is 32.2. The van der Waals surface area contributed by atoms with E-state index in [2.05, 4.69) is 15.2 Å². The molecule has 1 N–H and O–H groups in total. The Labute approximate surface area is 151 Å². The van der Waals surface area contributed by atoms with E-state index < -0.39 is 10.0 Å². The predicted octanol–water partition coefficient (Wildman–Crippen LogP) is 1.92. The Bertz CT molecular complexity index is 858. The maximum atomic E-state index is 13.0. The third-order valence-corrected chi connectivity index (χ3v) is 6.93. The minimum Gasteiger partial charge on any atom is -0.345 e. The lowest BCUT2D eigenvalue weighted by molar-refractivity contribution is -0.114. The molecule has 1 aliphatic heterocycles. The molecule has 0 bridgehead atoms. The van der Waals surface area contributed by atoms with Crippen molar-refractivity contribution < 1.29 is 13.2 Å². The van der Waals surface area contributed by atoms with Gasteiger partial charge >= 0.3 is 0 Å². The van der Waals surface area contributed by atoms with Gasteiger partial charge in [0.2, 0.25) is 15.9 Å². The highest BCUT2D eigenvalue weighted by molar-refractivity contribution is 7.89. The monoisotopic (exact) mass is 380 g/mol. The highest BCUT2D eigenvalue weighted by Gasteiger charge is 2.30. The average Bonchev–Trinajstić information content (AvgIpc) is 3.11. The summed E-state index contributed by atoms with van der Waals surface area (Å²) < 4.78 is 27.5. The van der Waals surface area contributed by atoms with Crippen molar-refractivity contribution in [2.24, 2.45) is 0 Å². The van der Waals surface area contributed by atoms with Gasteiger partial charge in [-0.1, -0.05) is 6.07 Å². The molecule has 1 aliphatic rings. The molecule has 7 nitrogen and oxygen atoms in total. The number of hydrogen-bond donors (Lipinski definition) is 1. The molecule has 0 radical (unpaired) electrons. The molecule has 0 aliphatic carbocycles. The summed E-state index contributed by atoms with van der Waals surface area (Å²) in [5, 5.41) is 5.47. The van der Waals surface area contributed by atoms with E-state index in [4.69, 9.17) is 0 Å². The number of aromatic nitrogens is 1. The molecule has 1 aromatic heterocycles. The molecular weight excluding hydrogens is 360 g/mol. The molecule has 0 spiro atoms. The van der Waals surface area contributed by atoms with Crippen LogP contribution in [0.25, 0.3) is 0 Å². The number of hydrogen-bond acceptors (Lipinski definition) is 6. The van der Waals surface area contributed by atoms with Crippen LogP contribution in [0.5, 0.6) is 0 Å². The molecule has 0 saturated carbocycles. The number of nitrogens with zero attached hydrogens (tertiary/aromatic N) is 3. The maximum Gasteiger partial charge on any atom is 0.243 e. The van der Waals surface area contributed by atoms with Gasteiger partial charge in [-0.05, 0) is 24.6 Å². The fourth-order valence-electron chi connectivity index (χ4n) is 2.79. The van der Waals surface area contributed by atoms with Gasteiger partial charge in [-0.3, -0.25) is 4.79 Å². The molecule has 1 aromatic carbocycles. The lowest BCUT2D eigenvalue weighted by atomic mass is 10.2. The van der Waals surface area contributed by atoms with Crippen molar-refractivity contribution in [1.82, 2.24) is 9.29 Å². The van der Waals surface area contributed by atoms with Gasteiger partial charge in [-0.2, -0.15) is 4.31 Å². The van der Waals surface area contributed by atoms with E-state index in [1.54, 1.807) is 36.6 Å². The van der Waals surface area contributed by atoms with Crippen LogP contribution in [0.1, 0.15) is 12.5 Å². The van der Waals surface area contributed by atoms with Crippen molar-refractivity contribution in [3.63, 3.8) is 0 Å². The summed E-state index contributed by atoms with van der Waals surface area (Å²) in [5.74, 6) is -0.232. The molecule has 2 heterocycles. The average molecular weight is 380 g/mol. The largest absolute Gasteiger partial charge is 0.345 e. The predicted molar refractivity (Wildman–Crippen MR) is 98.6 cm³/mol. The van der Waals surface area contributed by atoms with Crippen LogP contribution in [0.4, 0.5) is 10.8 Å². The van der Waals surface area contributed by atoms with Gasteiger partial charge in [0.1, 0.15) is 0 Å². The number of carbonyl (C=O) groups is 1. The lowest BCUT2D eigenvalue weighted by Gasteiger charge is -2.34. The Hall–Kier alpha value is -1.97. The molecule has 0 unspecified atom stereocenters. The smallest absolute Gasteiger partial charge is 0.243 e. The Balaban J connectivity index is 1.79. The highest BCUT2D eigenvalue weighted by Crippen LogP contribution is 2.26. The number of nitrogens with one attached hydrogen (secondary N) is 1. The van der Waals surface area contributed by atoms with Crippen LogP contribution >= 0.6 is 11.3 Å². The van der Waals surface area contributed by atoms with Crippen LogP contribution in [0.2, 0.25) is 0 Å². The SMILES string of the molecule is CC(=O)Nc1ccc(C)c(S(=O)(=O)N2CCN(c3nccs3)CC2)c1. The molecule has 0 atom stereocenters. The Kier molecular flexibility index (Phi) is 5.07. The number of amides is 1. The zero-order valence-corrected chi connectivity index (χ0v) is 15.7. The fraction of sp³-hybridized carbons (Fsp3) is 0.375. The molecule has 2 aromatic rings. The van der Waals surface area contributed by atoms with Crippen molar-refractivity contribution >= 4 is 38.1 Å². The van der Waals surface area contributed by atoms with Gasteiger partial charge in [0.25, 0.3) is 0 Å². The second kappa shape index (κ2) is 7.11. The van der Waals surface area contributed by atoms with Crippen molar-refractivity contribution in [1.29, 1.82) is 0 Å². The van der Waals surface area contributed by atoms with Crippen molar-refractivity contribution in [2.45, 2.75) is 18.7 Å². The number of sulfonamides is 1. The van der Waals surface area contributed by atoms with Crippen LogP contribution in [0.15, 0.2) is 34.7 Å². The molecule has 9 heteroatoms. The van der Waals surface area contributed by atoms with Crippen molar-refractivity contribution in [2.75, 3.05) is 36.4 Å². The minimum absolute atomic E-state index is 0.232. The first-order valence-electron chi connectivity index (χ1n) is 7.91. The number of benzene rings is 1. The normalized spacial score (nSPS) is 16.0. The number of piperazine rings is 1. The standard InChI is InChI=1S/C16H20N4O3S2/c1-12-3-4-14(18-13(2)21)11-15(12)25(22,23)20-8-6-19(7-9-20)16-17-5-10-24-16/h3-5,10-11H,6-9H2,1-2H3,(H,18,21). The summed E-state index contributed by atoms with van der Waals surface area (Å²) in [4.78, 5) is 17.8. The van der Waals surface area contributed by atoms with Gasteiger partial charge in [0.05, 0.1) is 4.90 Å². The summed E-state index contributed by atoms with van der Waals surface area (Å²) >= 11 is 1.55. The van der Waals surface area contributed by atoms with Crippen LogP contribution in [0, 0.1) is 6.92 Å². The number of carbonyl (C=O) groups excluding carboxylic acids is 1. The number of anilines is 2. The topological polar surface area (TPSA) is 82.6 Å². The number of aryl methyl sites for hydroxylation is 1. The first-order valence-corrected chi connectivity index (χ1v) is 10.2. The van der Waals surface area contributed by atoms with Gasteiger partial charge in [-0.25, -0.2) is 13.4 Å². The third-order valence-electron chi connectivity index (χ3n) is 4.05. The Morgan fingerprint density at radius 1 is 1.24 bits per heavy atom. The fourth-order valence-corrected chi connectivity index (χ4v) is 5.16. The van der Waals surface area contributed by atoms with Crippen LogP contribution in [0.3, 0.4) is 0 Å². The summed E-state index contributed by atoms with van der Waals surface area (Å²) in [5.41, 5.74) is 1.15. The molecule has 25 heavy (non-hydrogen) atoms. The molecule has 134 valence electrons. The van der Waals surface area contributed by atoms with Crippen LogP contribution in [-0.2, 0) is 14.8 Å². The van der Waals surface area contributed by atoms with Crippen molar-refractivity contribution in [3.05, 3.63) is 35.3 Å². The third kappa shape index (κ3) is 3.83. The van der Waals surface area contributed by atoms with E-state index in [0.29, 0.717) is 37.4 Å². The van der Waals surface area contributed by atoms with E-state index in [0.717, 1.165) is 5.13 Å². The van der Waals surface area contributed by atoms with E-state index in [-0.39, 0.29) is 10.8 Å². The van der Waals surface area contributed by atoms with E-state index in [9.17, 15) is 13.2 Å². The summed E-state index contributed by atoms with van der Waals surface area (Å²) in [6, 6.07) is 4.94. The molecule has 1 fully saturated rings. The van der Waals surface area contributed by atoms with Crippen LogP contribution in [-0.4, -0.2) is 49.8 Å². The van der Waals surface area contributed by atoms with Gasteiger partial charge in [0, 0.05) is 50.4 Å². The molecule has 1 saturated heterocycles. The second-order valence-electron chi connectivity index (χ2n) is 5.87. The molecular formula is C16H20N4O3S2. The first kappa shape index (κ1) is 17.8. The van der Waals surface area contributed by atoms with Gasteiger partial charge in [0.15, 0.2) is 5.13 Å². The zero-order chi connectivity index (χ0) is 18.0. The van der Waals surface area contributed by atoms with Gasteiger partial charge in [-0.15, -0.1) is 11.3 Å². The second-order valence-corrected chi connectivity index (χ2v) is 8.65. The summed E-state index contributed by atoms with van der Waals surface area (Å²) in [7, 11) is -3.60. The van der Waals surface area contributed by atoms with E-state index in [1.165, 1.54) is 17.3 Å². The van der Waals surface area contributed by atoms with Gasteiger partial charge < -0.3 is 10.2 Å². The van der Waals surface area contributed by atoms with Crippen LogP contribution < -0.4 is 10.2 Å². The zero-order valence-electron chi connectivity index (χ0n) is 14.1. The molecule has 1 amide bonds. The van der Waals surface area contributed by atoms with E-state index >= 15 is 0 Å². The van der Waals surface area contributed by atoms with Crippen molar-refractivity contribution in [3.8, 4) is 0 Å². The minimum atomic E-state index is -3.60. The number of rotatable bonds is 4. The first-order chi connectivity index (χ1) is 11.9. The number of thiazole rings is 1. The Morgan fingerprint density at radius 2 is 1.96 bits per heavy atom. The maximum absolute atomic E-state index is 13.0. The quantitative estimate of drug-likeness (QED) is 0.876. The summed E-state index contributed by atoms with van der Waals surface area (Å²) in [6.07, 6.45) is 1.75.